The number of methoxy groups -OCH3 is 2. The van der Waals surface area contributed by atoms with E-state index in [0.717, 1.165) is 0 Å². The number of urea groups is 1. The molecule has 2 N–H and O–H groups in total. The van der Waals surface area contributed by atoms with Crippen LogP contribution in [0.25, 0.3) is 0 Å². The van der Waals surface area contributed by atoms with Crippen LogP contribution >= 0.6 is 0 Å². The standard InChI is InChI=1S/C8H16N2O3/c1-4-5-9-8(11)10-6-7(12-2)13-3/h4-5,7H,6H2,1-3H3,(H2,9,10,11)/b5-4+. The predicted molar refractivity (Wildman–Crippen MR) is 49.2 cm³/mol. The highest BCUT2D eigenvalue weighted by Gasteiger charge is 2.05. The Morgan fingerprint density at radius 2 is 2.08 bits per heavy atom. The zero-order valence-corrected chi connectivity index (χ0v) is 8.16. The molecule has 0 unspecified atom stereocenters. The molecule has 0 fully saturated rings. The number of hydrogen-bond donors (Lipinski definition) is 2. The van der Waals surface area contributed by atoms with Gasteiger partial charge in [-0.3, -0.25) is 0 Å². The van der Waals surface area contributed by atoms with E-state index in [9.17, 15) is 4.79 Å². The van der Waals surface area contributed by atoms with E-state index in [1.54, 1.807) is 12.3 Å². The van der Waals surface area contributed by atoms with Crippen LogP contribution in [-0.2, 0) is 9.47 Å². The number of rotatable bonds is 5. The summed E-state index contributed by atoms with van der Waals surface area (Å²) in [5.41, 5.74) is 0. The van der Waals surface area contributed by atoms with Gasteiger partial charge in [-0.05, 0) is 6.92 Å². The Morgan fingerprint density at radius 3 is 2.54 bits per heavy atom. The molecule has 5 nitrogen and oxygen atoms in total. The molecule has 0 heterocycles. The molecule has 0 rings (SSSR count). The highest BCUT2D eigenvalue weighted by atomic mass is 16.7. The van der Waals surface area contributed by atoms with E-state index in [1.165, 1.54) is 14.2 Å². The van der Waals surface area contributed by atoms with Crippen molar-refractivity contribution >= 4 is 6.03 Å². The van der Waals surface area contributed by atoms with E-state index in [4.69, 9.17) is 9.47 Å². The van der Waals surface area contributed by atoms with Crippen molar-refractivity contribution in [1.29, 1.82) is 0 Å². The Bertz CT molecular complexity index is 167. The monoisotopic (exact) mass is 188 g/mol. The van der Waals surface area contributed by atoms with Crippen molar-refractivity contribution in [3.63, 3.8) is 0 Å². The average molecular weight is 188 g/mol. The van der Waals surface area contributed by atoms with Gasteiger partial charge in [0.2, 0.25) is 0 Å². The van der Waals surface area contributed by atoms with Gasteiger partial charge in [-0.25, -0.2) is 4.79 Å². The summed E-state index contributed by atoms with van der Waals surface area (Å²) in [7, 11) is 3.03. The molecule has 0 aliphatic rings. The number of amides is 2. The van der Waals surface area contributed by atoms with Crippen molar-refractivity contribution < 1.29 is 14.3 Å². The lowest BCUT2D eigenvalue weighted by atomic mass is 10.6. The van der Waals surface area contributed by atoms with E-state index < -0.39 is 6.29 Å². The summed E-state index contributed by atoms with van der Waals surface area (Å²) in [5.74, 6) is 0. The van der Waals surface area contributed by atoms with Gasteiger partial charge in [0, 0.05) is 20.4 Å². The van der Waals surface area contributed by atoms with Crippen LogP contribution in [0.2, 0.25) is 0 Å². The molecule has 5 heteroatoms. The quantitative estimate of drug-likeness (QED) is 0.615. The Hall–Kier alpha value is -1.07. The zero-order valence-electron chi connectivity index (χ0n) is 8.16. The van der Waals surface area contributed by atoms with E-state index in [1.807, 2.05) is 6.92 Å². The molecule has 2 amide bonds. The fraction of sp³-hybridized carbons (Fsp3) is 0.625. The first kappa shape index (κ1) is 11.9. The topological polar surface area (TPSA) is 59.6 Å². The maximum atomic E-state index is 11.0. The minimum Gasteiger partial charge on any atom is -0.354 e. The van der Waals surface area contributed by atoms with Crippen LogP contribution in [0.3, 0.4) is 0 Å². The Labute approximate surface area is 78.1 Å². The van der Waals surface area contributed by atoms with Crippen molar-refractivity contribution in [2.45, 2.75) is 13.2 Å². The van der Waals surface area contributed by atoms with Crippen LogP contribution < -0.4 is 10.6 Å². The fourth-order valence-corrected chi connectivity index (χ4v) is 0.649. The molecule has 0 bridgehead atoms. The van der Waals surface area contributed by atoms with Gasteiger partial charge < -0.3 is 20.1 Å². The van der Waals surface area contributed by atoms with E-state index in [0.29, 0.717) is 6.54 Å². The van der Waals surface area contributed by atoms with Gasteiger partial charge in [0.1, 0.15) is 0 Å². The molecular weight excluding hydrogens is 172 g/mol. The van der Waals surface area contributed by atoms with Crippen molar-refractivity contribution in [2.24, 2.45) is 0 Å². The molecule has 0 saturated heterocycles. The van der Waals surface area contributed by atoms with Gasteiger partial charge >= 0.3 is 6.03 Å². The molecule has 0 aromatic heterocycles. The number of hydrogen-bond acceptors (Lipinski definition) is 3. The number of carbonyl (C=O) groups excluding carboxylic acids is 1. The van der Waals surface area contributed by atoms with Crippen LogP contribution in [0, 0.1) is 0 Å². The molecule has 0 aliphatic heterocycles. The molecule has 0 aromatic rings. The van der Waals surface area contributed by atoms with Crippen molar-refractivity contribution in [1.82, 2.24) is 10.6 Å². The highest BCUT2D eigenvalue weighted by Crippen LogP contribution is 1.86. The van der Waals surface area contributed by atoms with Crippen LogP contribution in [0.15, 0.2) is 12.3 Å². The minimum absolute atomic E-state index is 0.280. The van der Waals surface area contributed by atoms with Gasteiger partial charge in [-0.15, -0.1) is 0 Å². The van der Waals surface area contributed by atoms with Crippen molar-refractivity contribution in [2.75, 3.05) is 20.8 Å². The largest absolute Gasteiger partial charge is 0.354 e. The lowest BCUT2D eigenvalue weighted by Crippen LogP contribution is -2.38. The second-order valence-corrected chi connectivity index (χ2v) is 2.26. The molecule has 0 saturated carbocycles. The summed E-state index contributed by atoms with van der Waals surface area (Å²) in [5, 5.41) is 5.06. The molecule has 0 atom stereocenters. The molecular formula is C8H16N2O3. The third-order valence-electron chi connectivity index (χ3n) is 1.34. The van der Waals surface area contributed by atoms with Gasteiger partial charge in [0.05, 0.1) is 6.54 Å². The van der Waals surface area contributed by atoms with E-state index >= 15 is 0 Å². The predicted octanol–water partition coefficient (Wildman–Crippen LogP) is 0.438. The third-order valence-corrected chi connectivity index (χ3v) is 1.34. The summed E-state index contributed by atoms with van der Waals surface area (Å²) < 4.78 is 9.74. The van der Waals surface area contributed by atoms with Crippen LogP contribution in [0.4, 0.5) is 4.79 Å². The maximum Gasteiger partial charge on any atom is 0.318 e. The molecule has 0 radical (unpaired) electrons. The minimum atomic E-state index is -0.406. The van der Waals surface area contributed by atoms with Crippen molar-refractivity contribution in [3.05, 3.63) is 12.3 Å². The lowest BCUT2D eigenvalue weighted by molar-refractivity contribution is -0.0971. The van der Waals surface area contributed by atoms with E-state index in [2.05, 4.69) is 10.6 Å². The zero-order chi connectivity index (χ0) is 10.1. The molecule has 0 spiro atoms. The van der Waals surface area contributed by atoms with Crippen LogP contribution in [-0.4, -0.2) is 33.1 Å². The smallest absolute Gasteiger partial charge is 0.318 e. The second kappa shape index (κ2) is 7.57. The SMILES string of the molecule is C/C=C/NC(=O)NCC(OC)OC. The first-order chi connectivity index (χ1) is 6.24. The second-order valence-electron chi connectivity index (χ2n) is 2.26. The first-order valence-corrected chi connectivity index (χ1v) is 3.95. The van der Waals surface area contributed by atoms with Crippen molar-refractivity contribution in [3.8, 4) is 0 Å². The van der Waals surface area contributed by atoms with E-state index in [-0.39, 0.29) is 6.03 Å². The Morgan fingerprint density at radius 1 is 1.46 bits per heavy atom. The van der Waals surface area contributed by atoms with Gasteiger partial charge in [-0.2, -0.15) is 0 Å². The Balaban J connectivity index is 3.55. The highest BCUT2D eigenvalue weighted by molar-refractivity contribution is 5.74. The number of allylic oxidation sites excluding steroid dienone is 1. The van der Waals surface area contributed by atoms with Crippen LogP contribution in [0.5, 0.6) is 0 Å². The summed E-state index contributed by atoms with van der Waals surface area (Å²) in [6.45, 7) is 2.13. The van der Waals surface area contributed by atoms with Crippen LogP contribution in [0.1, 0.15) is 6.92 Å². The number of nitrogens with one attached hydrogen (secondary N) is 2. The van der Waals surface area contributed by atoms with Gasteiger partial charge in [0.25, 0.3) is 0 Å². The molecule has 0 aromatic carbocycles. The maximum absolute atomic E-state index is 11.0. The third kappa shape index (κ3) is 6.12. The van der Waals surface area contributed by atoms with Gasteiger partial charge in [0.15, 0.2) is 6.29 Å². The lowest BCUT2D eigenvalue weighted by Gasteiger charge is -2.13. The normalized spacial score (nSPS) is 10.8. The summed E-state index contributed by atoms with van der Waals surface area (Å²) >= 11 is 0. The molecule has 76 valence electrons. The fourth-order valence-electron chi connectivity index (χ4n) is 0.649. The number of carbonyl (C=O) groups is 1. The Kier molecular flexibility index (Phi) is 6.95. The molecule has 13 heavy (non-hydrogen) atoms. The summed E-state index contributed by atoms with van der Waals surface area (Å²) in [6.07, 6.45) is 2.87. The summed E-state index contributed by atoms with van der Waals surface area (Å²) in [4.78, 5) is 11.0. The average Bonchev–Trinajstić information content (AvgIpc) is 2.16. The number of ether oxygens (including phenoxy) is 2. The first-order valence-electron chi connectivity index (χ1n) is 3.95. The summed E-state index contributed by atoms with van der Waals surface area (Å²) in [6, 6.07) is -0.280. The molecule has 0 aliphatic carbocycles. The van der Waals surface area contributed by atoms with Gasteiger partial charge in [-0.1, -0.05) is 6.08 Å².